The Morgan fingerprint density at radius 3 is 2.42 bits per heavy atom. The zero-order valence-corrected chi connectivity index (χ0v) is 10.1. The first-order valence-corrected chi connectivity index (χ1v) is 5.80. The van der Waals surface area contributed by atoms with Crippen molar-refractivity contribution >= 4 is 17.3 Å². The van der Waals surface area contributed by atoms with E-state index < -0.39 is 18.6 Å². The van der Waals surface area contributed by atoms with Gasteiger partial charge in [0.1, 0.15) is 6.54 Å². The SMILES string of the molecule is Nc1ccc(C(=O)N(CC(F)(F)F)C2CC2)c(N)c1. The summed E-state index contributed by atoms with van der Waals surface area (Å²) in [4.78, 5) is 13.0. The van der Waals surface area contributed by atoms with E-state index in [1.54, 1.807) is 0 Å². The van der Waals surface area contributed by atoms with Crippen LogP contribution in [0.2, 0.25) is 0 Å². The predicted octanol–water partition coefficient (Wildman–Crippen LogP) is 2.02. The first-order valence-electron chi connectivity index (χ1n) is 5.80. The summed E-state index contributed by atoms with van der Waals surface area (Å²) in [7, 11) is 0. The molecule has 0 spiro atoms. The van der Waals surface area contributed by atoms with Crippen molar-refractivity contribution in [3.05, 3.63) is 23.8 Å². The quantitative estimate of drug-likeness (QED) is 0.827. The van der Waals surface area contributed by atoms with E-state index in [1.165, 1.54) is 18.2 Å². The van der Waals surface area contributed by atoms with Crippen LogP contribution in [-0.2, 0) is 0 Å². The molecule has 0 heterocycles. The van der Waals surface area contributed by atoms with Gasteiger partial charge >= 0.3 is 6.18 Å². The number of benzene rings is 1. The van der Waals surface area contributed by atoms with Crippen LogP contribution >= 0.6 is 0 Å². The zero-order chi connectivity index (χ0) is 14.2. The number of nitrogens with zero attached hydrogens (tertiary/aromatic N) is 1. The maximum atomic E-state index is 12.5. The summed E-state index contributed by atoms with van der Waals surface area (Å²) in [5.41, 5.74) is 11.6. The highest BCUT2D eigenvalue weighted by Crippen LogP contribution is 2.32. The number of rotatable bonds is 3. The zero-order valence-electron chi connectivity index (χ0n) is 10.1. The molecular formula is C12H14F3N3O. The number of amides is 1. The maximum Gasteiger partial charge on any atom is 0.406 e. The van der Waals surface area contributed by atoms with Gasteiger partial charge in [0.05, 0.1) is 5.56 Å². The normalized spacial score (nSPS) is 15.3. The summed E-state index contributed by atoms with van der Waals surface area (Å²) in [6, 6.07) is 3.83. The number of carbonyl (C=O) groups excluding carboxylic acids is 1. The Bertz CT molecular complexity index is 497. The van der Waals surface area contributed by atoms with Crippen LogP contribution in [0.3, 0.4) is 0 Å². The fourth-order valence-corrected chi connectivity index (χ4v) is 1.88. The standard InChI is InChI=1S/C12H14F3N3O/c13-12(14,15)6-18(8-2-3-8)11(19)9-4-1-7(16)5-10(9)17/h1,4-5,8H,2-3,6,16-17H2. The third-order valence-electron chi connectivity index (χ3n) is 2.90. The summed E-state index contributed by atoms with van der Waals surface area (Å²) in [6.07, 6.45) is -3.23. The van der Waals surface area contributed by atoms with Crippen molar-refractivity contribution in [1.82, 2.24) is 4.90 Å². The van der Waals surface area contributed by atoms with Crippen LogP contribution in [0.15, 0.2) is 18.2 Å². The van der Waals surface area contributed by atoms with Gasteiger partial charge in [-0.05, 0) is 31.0 Å². The minimum atomic E-state index is -4.42. The predicted molar refractivity (Wildman–Crippen MR) is 65.4 cm³/mol. The van der Waals surface area contributed by atoms with Crippen molar-refractivity contribution in [1.29, 1.82) is 0 Å². The molecule has 1 aliphatic carbocycles. The molecule has 2 rings (SSSR count). The summed E-state index contributed by atoms with van der Waals surface area (Å²) < 4.78 is 37.5. The molecule has 1 amide bonds. The number of hydrogen-bond acceptors (Lipinski definition) is 3. The van der Waals surface area contributed by atoms with Gasteiger partial charge in [-0.15, -0.1) is 0 Å². The van der Waals surface area contributed by atoms with E-state index in [2.05, 4.69) is 0 Å². The Hall–Kier alpha value is -1.92. The van der Waals surface area contributed by atoms with Gasteiger partial charge in [-0.1, -0.05) is 0 Å². The number of carbonyl (C=O) groups is 1. The molecule has 1 aromatic carbocycles. The molecule has 0 unspecified atom stereocenters. The number of nitrogens with two attached hydrogens (primary N) is 2. The largest absolute Gasteiger partial charge is 0.406 e. The fraction of sp³-hybridized carbons (Fsp3) is 0.417. The minimum absolute atomic E-state index is 0.0605. The average molecular weight is 273 g/mol. The van der Waals surface area contributed by atoms with Crippen LogP contribution in [0, 0.1) is 0 Å². The van der Waals surface area contributed by atoms with Gasteiger partial charge in [-0.2, -0.15) is 13.2 Å². The lowest BCUT2D eigenvalue weighted by atomic mass is 10.1. The van der Waals surface area contributed by atoms with Gasteiger partial charge < -0.3 is 16.4 Å². The van der Waals surface area contributed by atoms with E-state index in [9.17, 15) is 18.0 Å². The van der Waals surface area contributed by atoms with E-state index in [0.29, 0.717) is 18.5 Å². The first-order chi connectivity index (χ1) is 8.78. The van der Waals surface area contributed by atoms with Crippen molar-refractivity contribution in [2.45, 2.75) is 25.1 Å². The van der Waals surface area contributed by atoms with E-state index in [0.717, 1.165) is 4.90 Å². The molecule has 0 aliphatic heterocycles. The lowest BCUT2D eigenvalue weighted by molar-refractivity contribution is -0.141. The molecule has 4 N–H and O–H groups in total. The van der Waals surface area contributed by atoms with Crippen LogP contribution in [0.25, 0.3) is 0 Å². The van der Waals surface area contributed by atoms with Crippen LogP contribution in [0.5, 0.6) is 0 Å². The number of halogens is 3. The topological polar surface area (TPSA) is 72.4 Å². The molecule has 1 saturated carbocycles. The van der Waals surface area contributed by atoms with Crippen LogP contribution in [0.1, 0.15) is 23.2 Å². The maximum absolute atomic E-state index is 12.5. The minimum Gasteiger partial charge on any atom is -0.399 e. The Labute approximate surface area is 108 Å². The van der Waals surface area contributed by atoms with Gasteiger partial charge in [-0.3, -0.25) is 4.79 Å². The molecule has 0 saturated heterocycles. The Morgan fingerprint density at radius 1 is 1.32 bits per heavy atom. The second-order valence-corrected chi connectivity index (χ2v) is 4.63. The molecule has 0 radical (unpaired) electrons. The Kier molecular flexibility index (Phi) is 3.30. The molecule has 1 aromatic rings. The van der Waals surface area contributed by atoms with Gasteiger partial charge in [0.25, 0.3) is 5.91 Å². The number of nitrogen functional groups attached to an aromatic ring is 2. The summed E-state index contributed by atoms with van der Waals surface area (Å²) in [6.45, 7) is -1.25. The average Bonchev–Trinajstić information content (AvgIpc) is 3.07. The smallest absolute Gasteiger partial charge is 0.399 e. The number of alkyl halides is 3. The second-order valence-electron chi connectivity index (χ2n) is 4.63. The van der Waals surface area contributed by atoms with Crippen molar-refractivity contribution in [2.24, 2.45) is 0 Å². The molecule has 1 fully saturated rings. The monoisotopic (exact) mass is 273 g/mol. The van der Waals surface area contributed by atoms with Gasteiger partial charge in [0.2, 0.25) is 0 Å². The molecule has 7 heteroatoms. The molecular weight excluding hydrogens is 259 g/mol. The van der Waals surface area contributed by atoms with Crippen molar-refractivity contribution in [3.8, 4) is 0 Å². The molecule has 0 bridgehead atoms. The highest BCUT2D eigenvalue weighted by atomic mass is 19.4. The molecule has 0 atom stereocenters. The van der Waals surface area contributed by atoms with Crippen molar-refractivity contribution in [2.75, 3.05) is 18.0 Å². The fourth-order valence-electron chi connectivity index (χ4n) is 1.88. The lowest BCUT2D eigenvalue weighted by Gasteiger charge is -2.24. The van der Waals surface area contributed by atoms with Crippen LogP contribution in [-0.4, -0.2) is 29.6 Å². The highest BCUT2D eigenvalue weighted by Gasteiger charge is 2.41. The number of anilines is 2. The van der Waals surface area contributed by atoms with E-state index in [4.69, 9.17) is 11.5 Å². The van der Waals surface area contributed by atoms with Gasteiger partial charge in [0, 0.05) is 17.4 Å². The van der Waals surface area contributed by atoms with E-state index >= 15 is 0 Å². The Balaban J connectivity index is 2.24. The van der Waals surface area contributed by atoms with Crippen molar-refractivity contribution < 1.29 is 18.0 Å². The Morgan fingerprint density at radius 2 is 1.95 bits per heavy atom. The van der Waals surface area contributed by atoms with E-state index in [1.807, 2.05) is 0 Å². The third kappa shape index (κ3) is 3.30. The van der Waals surface area contributed by atoms with Crippen molar-refractivity contribution in [3.63, 3.8) is 0 Å². The molecule has 104 valence electrons. The first kappa shape index (κ1) is 13.5. The highest BCUT2D eigenvalue weighted by molar-refractivity contribution is 6.00. The summed E-state index contributed by atoms with van der Waals surface area (Å²) >= 11 is 0. The van der Waals surface area contributed by atoms with Crippen LogP contribution < -0.4 is 11.5 Å². The van der Waals surface area contributed by atoms with Crippen LogP contribution in [0.4, 0.5) is 24.5 Å². The third-order valence-corrected chi connectivity index (χ3v) is 2.90. The second kappa shape index (κ2) is 4.64. The summed E-state index contributed by atoms with van der Waals surface area (Å²) in [5.74, 6) is -0.697. The molecule has 19 heavy (non-hydrogen) atoms. The van der Waals surface area contributed by atoms with Gasteiger partial charge in [0.15, 0.2) is 0 Å². The summed E-state index contributed by atoms with van der Waals surface area (Å²) in [5, 5.41) is 0. The van der Waals surface area contributed by atoms with Gasteiger partial charge in [-0.25, -0.2) is 0 Å². The molecule has 0 aromatic heterocycles. The molecule has 1 aliphatic rings. The number of hydrogen-bond donors (Lipinski definition) is 2. The molecule has 4 nitrogen and oxygen atoms in total. The lowest BCUT2D eigenvalue weighted by Crippen LogP contribution is -2.40. The van der Waals surface area contributed by atoms with E-state index in [-0.39, 0.29) is 17.3 Å².